The van der Waals surface area contributed by atoms with Crippen molar-refractivity contribution >= 4 is 22.5 Å². The second kappa shape index (κ2) is 5.29. The molecule has 0 aliphatic carbocycles. The summed E-state index contributed by atoms with van der Waals surface area (Å²) >= 11 is 6.15. The Morgan fingerprint density at radius 3 is 2.32 bits per heavy atom. The molecule has 2 nitrogen and oxygen atoms in total. The van der Waals surface area contributed by atoms with Crippen LogP contribution in [0.2, 0.25) is 5.02 Å². The maximum Gasteiger partial charge on any atom is 0.146 e. The third kappa shape index (κ3) is 2.55. The molecule has 0 saturated heterocycles. The molecule has 0 saturated carbocycles. The molecule has 0 spiro atoms. The predicted molar refractivity (Wildman–Crippen MR) is 92.6 cm³/mol. The molecule has 112 valence electrons. The lowest BCUT2D eigenvalue weighted by Crippen LogP contribution is -2.14. The van der Waals surface area contributed by atoms with Crippen molar-refractivity contribution in [2.45, 2.75) is 26.2 Å². The van der Waals surface area contributed by atoms with Gasteiger partial charge in [-0.2, -0.15) is 0 Å². The van der Waals surface area contributed by atoms with Crippen molar-refractivity contribution in [1.29, 1.82) is 0 Å². The summed E-state index contributed by atoms with van der Waals surface area (Å²) in [6.45, 7) is 6.14. The first-order valence-corrected chi connectivity index (χ1v) is 7.64. The maximum atomic E-state index is 10.9. The predicted octanol–water partition coefficient (Wildman–Crippen LogP) is 5.56. The molecule has 3 rings (SSSR count). The molecule has 1 aromatic heterocycles. The van der Waals surface area contributed by atoms with Crippen molar-refractivity contribution < 1.29 is 5.11 Å². The molecule has 0 aliphatic rings. The van der Waals surface area contributed by atoms with Gasteiger partial charge < -0.3 is 5.11 Å². The molecule has 3 aromatic rings. The van der Waals surface area contributed by atoms with E-state index >= 15 is 0 Å². The number of hydrogen-bond donors (Lipinski definition) is 1. The van der Waals surface area contributed by atoms with E-state index in [0.29, 0.717) is 10.7 Å². The number of halogens is 1. The van der Waals surface area contributed by atoms with E-state index in [1.165, 1.54) is 0 Å². The Balaban J connectivity index is 2.46. The minimum Gasteiger partial charge on any atom is -0.505 e. The fourth-order valence-electron chi connectivity index (χ4n) is 2.65. The maximum absolute atomic E-state index is 10.9. The molecule has 1 N–H and O–H groups in total. The number of fused-ring (bicyclic) bond motifs is 1. The number of hydrogen-bond acceptors (Lipinski definition) is 2. The minimum atomic E-state index is -0.249. The van der Waals surface area contributed by atoms with Gasteiger partial charge in [-0.05, 0) is 23.8 Å². The summed E-state index contributed by atoms with van der Waals surface area (Å²) in [5.41, 5.74) is 3.03. The van der Waals surface area contributed by atoms with Gasteiger partial charge in [0, 0.05) is 21.4 Å². The van der Waals surface area contributed by atoms with Crippen LogP contribution in [-0.4, -0.2) is 10.1 Å². The monoisotopic (exact) mass is 311 g/mol. The highest BCUT2D eigenvalue weighted by molar-refractivity contribution is 6.31. The fraction of sp³-hybridized carbons (Fsp3) is 0.211. The highest BCUT2D eigenvalue weighted by Gasteiger charge is 2.24. The van der Waals surface area contributed by atoms with Crippen LogP contribution in [0.5, 0.6) is 5.75 Å². The Morgan fingerprint density at radius 1 is 1.00 bits per heavy atom. The highest BCUT2D eigenvalue weighted by Crippen LogP contribution is 2.42. The molecule has 3 heteroatoms. The lowest BCUT2D eigenvalue weighted by molar-refractivity contribution is 0.441. The smallest absolute Gasteiger partial charge is 0.146 e. The number of aromatic nitrogens is 1. The Bertz CT molecular complexity index is 835. The van der Waals surface area contributed by atoms with E-state index in [2.05, 4.69) is 4.98 Å². The van der Waals surface area contributed by atoms with Crippen molar-refractivity contribution in [3.05, 3.63) is 59.2 Å². The van der Waals surface area contributed by atoms with Crippen LogP contribution in [0.3, 0.4) is 0 Å². The van der Waals surface area contributed by atoms with Gasteiger partial charge in [0.2, 0.25) is 0 Å². The van der Waals surface area contributed by atoms with Crippen LogP contribution in [0.4, 0.5) is 0 Å². The average molecular weight is 312 g/mol. The molecule has 0 amide bonds. The molecule has 0 bridgehead atoms. The summed E-state index contributed by atoms with van der Waals surface area (Å²) in [7, 11) is 0. The molecule has 0 radical (unpaired) electrons. The summed E-state index contributed by atoms with van der Waals surface area (Å²) in [4.78, 5) is 4.66. The molecule has 0 atom stereocenters. The van der Waals surface area contributed by atoms with E-state index in [-0.39, 0.29) is 11.2 Å². The summed E-state index contributed by atoms with van der Waals surface area (Å²) in [5, 5.41) is 12.4. The topological polar surface area (TPSA) is 33.1 Å². The first-order chi connectivity index (χ1) is 10.4. The third-order valence-corrected chi connectivity index (χ3v) is 3.93. The van der Waals surface area contributed by atoms with Crippen molar-refractivity contribution in [1.82, 2.24) is 4.98 Å². The number of rotatable bonds is 1. The van der Waals surface area contributed by atoms with Gasteiger partial charge in [0.15, 0.2) is 0 Å². The zero-order valence-corrected chi connectivity index (χ0v) is 13.6. The van der Waals surface area contributed by atoms with Crippen molar-refractivity contribution in [2.75, 3.05) is 0 Å². The number of pyridine rings is 1. The molecule has 22 heavy (non-hydrogen) atoms. The Morgan fingerprint density at radius 2 is 1.68 bits per heavy atom. The lowest BCUT2D eigenvalue weighted by atomic mass is 9.87. The van der Waals surface area contributed by atoms with Crippen molar-refractivity contribution in [3.8, 4) is 16.9 Å². The van der Waals surface area contributed by atoms with E-state index in [0.717, 1.165) is 22.0 Å². The minimum absolute atomic E-state index is 0.230. The van der Waals surface area contributed by atoms with Gasteiger partial charge in [-0.1, -0.05) is 62.7 Å². The Kier molecular flexibility index (Phi) is 3.57. The summed E-state index contributed by atoms with van der Waals surface area (Å²) in [6, 6.07) is 15.4. The quantitative estimate of drug-likeness (QED) is 0.638. The zero-order chi connectivity index (χ0) is 15.9. The van der Waals surface area contributed by atoms with Crippen LogP contribution in [-0.2, 0) is 5.41 Å². The Labute approximate surface area is 135 Å². The second-order valence-corrected chi connectivity index (χ2v) is 6.90. The largest absolute Gasteiger partial charge is 0.505 e. The standard InChI is InChI=1S/C19H18ClNO/c1-19(2,3)18-17(22)16(12-7-5-4-6-8-12)14-11-13(20)9-10-15(14)21-18/h4-11,22H,1-3H3. The van der Waals surface area contributed by atoms with E-state index in [9.17, 15) is 5.11 Å². The molecule has 0 aliphatic heterocycles. The highest BCUT2D eigenvalue weighted by atomic mass is 35.5. The molecule has 2 aromatic carbocycles. The number of nitrogens with zero attached hydrogens (tertiary/aromatic N) is 1. The Hall–Kier alpha value is -2.06. The average Bonchev–Trinajstić information content (AvgIpc) is 2.46. The normalized spacial score (nSPS) is 11.8. The van der Waals surface area contributed by atoms with E-state index in [4.69, 9.17) is 11.6 Å². The van der Waals surface area contributed by atoms with Crippen LogP contribution in [0, 0.1) is 0 Å². The lowest BCUT2D eigenvalue weighted by Gasteiger charge is -2.22. The summed E-state index contributed by atoms with van der Waals surface area (Å²) in [5.74, 6) is 0.230. The van der Waals surface area contributed by atoms with Gasteiger partial charge in [0.05, 0.1) is 11.2 Å². The molecule has 0 unspecified atom stereocenters. The van der Waals surface area contributed by atoms with Gasteiger partial charge in [-0.15, -0.1) is 0 Å². The fourth-order valence-corrected chi connectivity index (χ4v) is 2.82. The van der Waals surface area contributed by atoms with E-state index < -0.39 is 0 Å². The van der Waals surface area contributed by atoms with Crippen LogP contribution in [0.15, 0.2) is 48.5 Å². The van der Waals surface area contributed by atoms with Crippen LogP contribution >= 0.6 is 11.6 Å². The first kappa shape index (κ1) is 14.9. The van der Waals surface area contributed by atoms with Crippen LogP contribution in [0.25, 0.3) is 22.0 Å². The van der Waals surface area contributed by atoms with Crippen molar-refractivity contribution in [3.63, 3.8) is 0 Å². The first-order valence-electron chi connectivity index (χ1n) is 7.26. The number of aromatic hydroxyl groups is 1. The summed E-state index contributed by atoms with van der Waals surface area (Å²) in [6.07, 6.45) is 0. The van der Waals surface area contributed by atoms with Gasteiger partial charge >= 0.3 is 0 Å². The van der Waals surface area contributed by atoms with Gasteiger partial charge in [0.25, 0.3) is 0 Å². The van der Waals surface area contributed by atoms with Crippen LogP contribution in [0.1, 0.15) is 26.5 Å². The molecule has 1 heterocycles. The van der Waals surface area contributed by atoms with Gasteiger partial charge in [0.1, 0.15) is 5.75 Å². The number of benzene rings is 2. The molecular weight excluding hydrogens is 294 g/mol. The van der Waals surface area contributed by atoms with Gasteiger partial charge in [-0.3, -0.25) is 0 Å². The third-order valence-electron chi connectivity index (χ3n) is 3.69. The SMILES string of the molecule is CC(C)(C)c1nc2ccc(Cl)cc2c(-c2ccccc2)c1O. The van der Waals surface area contributed by atoms with E-state index in [1.807, 2.05) is 69.3 Å². The van der Waals surface area contributed by atoms with Gasteiger partial charge in [-0.25, -0.2) is 4.98 Å². The molecular formula is C19H18ClNO. The summed E-state index contributed by atoms with van der Waals surface area (Å²) < 4.78 is 0. The van der Waals surface area contributed by atoms with Crippen molar-refractivity contribution in [2.24, 2.45) is 0 Å². The van der Waals surface area contributed by atoms with E-state index in [1.54, 1.807) is 0 Å². The zero-order valence-electron chi connectivity index (χ0n) is 12.9. The van der Waals surface area contributed by atoms with Crippen LogP contribution < -0.4 is 0 Å². The second-order valence-electron chi connectivity index (χ2n) is 6.46. The molecule has 0 fully saturated rings.